The predicted octanol–water partition coefficient (Wildman–Crippen LogP) is 4.08. The molecule has 2 atom stereocenters. The van der Waals surface area contributed by atoms with Crippen LogP contribution in [0.3, 0.4) is 0 Å². The lowest BCUT2D eigenvalue weighted by Gasteiger charge is -2.30. The number of morpholine rings is 1. The number of halogens is 1. The number of hydrogen-bond acceptors (Lipinski definition) is 3. The smallest absolute Gasteiger partial charge is 0.143 e. The monoisotopic (exact) mass is 407 g/mol. The zero-order valence-electron chi connectivity index (χ0n) is 17.4. The van der Waals surface area contributed by atoms with Gasteiger partial charge in [0.15, 0.2) is 0 Å². The highest BCUT2D eigenvalue weighted by atomic mass is 35.5. The second-order valence-corrected chi connectivity index (χ2v) is 6.96. The quantitative estimate of drug-likeness (QED) is 0.349. The van der Waals surface area contributed by atoms with Crippen LogP contribution in [0, 0.1) is 0 Å². The van der Waals surface area contributed by atoms with E-state index in [1.165, 1.54) is 12.0 Å². The molecular weight excluding hydrogens is 372 g/mol. The number of nitrogen functional groups attached to an aromatic ring is 1. The van der Waals surface area contributed by atoms with E-state index in [9.17, 15) is 0 Å². The van der Waals surface area contributed by atoms with Crippen LogP contribution < -0.4 is 15.4 Å². The number of benzene rings is 1. The van der Waals surface area contributed by atoms with E-state index in [4.69, 9.17) is 26.8 Å². The van der Waals surface area contributed by atoms with Gasteiger partial charge in [0.25, 0.3) is 0 Å². The number of anilines is 1. The normalized spacial score (nSPS) is 19.3. The number of allylic oxidation sites excluding steroid dienone is 4. The van der Waals surface area contributed by atoms with Crippen molar-refractivity contribution in [3.8, 4) is 5.75 Å². The molecule has 1 fully saturated rings. The molecule has 0 bridgehead atoms. The van der Waals surface area contributed by atoms with Crippen LogP contribution in [0.5, 0.6) is 5.75 Å². The topological polar surface area (TPSA) is 48.9 Å². The Morgan fingerprint density at radius 2 is 2.14 bits per heavy atom. The van der Waals surface area contributed by atoms with E-state index in [2.05, 4.69) is 13.2 Å². The van der Waals surface area contributed by atoms with Crippen LogP contribution >= 0.6 is 11.6 Å². The Balaban J connectivity index is 0.00000190. The zero-order chi connectivity index (χ0) is 20.8. The van der Waals surface area contributed by atoms with Crippen LogP contribution in [-0.4, -0.2) is 39.0 Å². The maximum absolute atomic E-state index is 6.03. The Hall–Kier alpha value is -1.75. The summed E-state index contributed by atoms with van der Waals surface area (Å²) in [7, 11) is 0. The van der Waals surface area contributed by atoms with Gasteiger partial charge in [0.1, 0.15) is 31.5 Å². The molecule has 0 aliphatic carbocycles. The molecule has 1 heterocycles. The van der Waals surface area contributed by atoms with E-state index in [0.29, 0.717) is 23.1 Å². The van der Waals surface area contributed by atoms with Crippen LogP contribution in [0.4, 0.5) is 5.69 Å². The van der Waals surface area contributed by atoms with E-state index >= 15 is 0 Å². The van der Waals surface area contributed by atoms with Crippen LogP contribution in [-0.2, 0) is 4.74 Å². The van der Waals surface area contributed by atoms with Crippen LogP contribution in [0.25, 0.3) is 0 Å². The molecular formula is C23H36ClN2O2+. The number of quaternary nitrogens is 1. The first-order chi connectivity index (χ1) is 13.6. The van der Waals surface area contributed by atoms with Gasteiger partial charge in [-0.15, -0.1) is 0 Å². The second-order valence-electron chi connectivity index (χ2n) is 6.55. The highest BCUT2D eigenvalue weighted by Gasteiger charge is 2.24. The van der Waals surface area contributed by atoms with Crippen molar-refractivity contribution in [3.05, 3.63) is 60.2 Å². The minimum atomic E-state index is 0.0847. The summed E-state index contributed by atoms with van der Waals surface area (Å²) < 4.78 is 11.7. The molecule has 1 aromatic rings. The van der Waals surface area contributed by atoms with Gasteiger partial charge in [0.2, 0.25) is 0 Å². The first-order valence-corrected chi connectivity index (χ1v) is 10.6. The summed E-state index contributed by atoms with van der Waals surface area (Å²) in [5, 5.41) is 0.517. The average molecular weight is 408 g/mol. The van der Waals surface area contributed by atoms with Gasteiger partial charge in [0, 0.05) is 0 Å². The zero-order valence-corrected chi connectivity index (χ0v) is 18.1. The Kier molecular flexibility index (Phi) is 12.4. The van der Waals surface area contributed by atoms with Gasteiger partial charge < -0.3 is 20.1 Å². The summed E-state index contributed by atoms with van der Waals surface area (Å²) >= 11 is 6.03. The number of rotatable bonds is 10. The fourth-order valence-electron chi connectivity index (χ4n) is 3.12. The van der Waals surface area contributed by atoms with E-state index in [1.807, 2.05) is 44.2 Å². The van der Waals surface area contributed by atoms with Gasteiger partial charge in [-0.2, -0.15) is 0 Å². The van der Waals surface area contributed by atoms with Crippen molar-refractivity contribution in [3.63, 3.8) is 0 Å². The van der Waals surface area contributed by atoms with E-state index < -0.39 is 0 Å². The van der Waals surface area contributed by atoms with Crippen LogP contribution in [0.15, 0.2) is 55.2 Å². The van der Waals surface area contributed by atoms with Crippen LogP contribution in [0.1, 0.15) is 33.1 Å². The standard InChI is InChI=1S/C21H29ClN2O2.C2H6/c1-3-8-17(4-2)9-5-6-12-24-13-14-25-18(15-24)16-26-20-11-7-10-19(22)21(20)23;1-2/h3-4,7-8,10-11,18H,1-2,5-6,9,12-16,23H2;1-2H3/p+1/b17-8+;. The highest BCUT2D eigenvalue weighted by molar-refractivity contribution is 6.33. The molecule has 28 heavy (non-hydrogen) atoms. The van der Waals surface area contributed by atoms with Crippen molar-refractivity contribution in [1.29, 1.82) is 0 Å². The Bertz CT molecular complexity index is 631. The van der Waals surface area contributed by atoms with Crippen molar-refractivity contribution in [2.45, 2.75) is 39.2 Å². The largest absolute Gasteiger partial charge is 0.488 e. The summed E-state index contributed by atoms with van der Waals surface area (Å²) in [4.78, 5) is 1.57. The van der Waals surface area contributed by atoms with Crippen molar-refractivity contribution >= 4 is 17.3 Å². The molecule has 0 saturated carbocycles. The lowest BCUT2D eigenvalue weighted by molar-refractivity contribution is -0.912. The molecule has 2 unspecified atom stereocenters. The fourth-order valence-corrected chi connectivity index (χ4v) is 3.29. The first-order valence-electron chi connectivity index (χ1n) is 10.2. The molecule has 0 spiro atoms. The maximum atomic E-state index is 6.03. The minimum Gasteiger partial charge on any atom is -0.488 e. The van der Waals surface area contributed by atoms with Gasteiger partial charge in [-0.05, 0) is 37.0 Å². The minimum absolute atomic E-state index is 0.0847. The summed E-state index contributed by atoms with van der Waals surface area (Å²) in [5.41, 5.74) is 7.68. The van der Waals surface area contributed by atoms with Gasteiger partial charge in [-0.1, -0.05) is 62.9 Å². The molecule has 2 rings (SSSR count). The predicted molar refractivity (Wildman–Crippen MR) is 120 cm³/mol. The summed E-state index contributed by atoms with van der Waals surface area (Å²) in [6.07, 6.45) is 9.26. The Morgan fingerprint density at radius 3 is 2.86 bits per heavy atom. The second kappa shape index (κ2) is 14.3. The number of hydrogen-bond donors (Lipinski definition) is 2. The maximum Gasteiger partial charge on any atom is 0.143 e. The fraction of sp³-hybridized carbons (Fsp3) is 0.478. The van der Waals surface area contributed by atoms with Crippen LogP contribution in [0.2, 0.25) is 5.02 Å². The first kappa shape index (κ1) is 24.3. The number of unbranched alkanes of at least 4 members (excludes halogenated alkanes) is 1. The molecule has 1 saturated heterocycles. The number of nitrogens with two attached hydrogens (primary N) is 1. The molecule has 4 nitrogen and oxygen atoms in total. The Morgan fingerprint density at radius 1 is 1.36 bits per heavy atom. The number of ether oxygens (including phenoxy) is 2. The molecule has 0 amide bonds. The Labute approximate surface area is 175 Å². The van der Waals surface area contributed by atoms with E-state index in [-0.39, 0.29) is 6.10 Å². The van der Waals surface area contributed by atoms with Crippen molar-refractivity contribution < 1.29 is 14.4 Å². The lowest BCUT2D eigenvalue weighted by atomic mass is 10.1. The van der Waals surface area contributed by atoms with Gasteiger partial charge in [-0.3, -0.25) is 0 Å². The van der Waals surface area contributed by atoms with Crippen molar-refractivity contribution in [1.82, 2.24) is 0 Å². The lowest BCUT2D eigenvalue weighted by Crippen LogP contribution is -3.15. The number of nitrogens with one attached hydrogen (secondary N) is 1. The molecule has 1 aliphatic rings. The molecule has 3 N–H and O–H groups in total. The van der Waals surface area contributed by atoms with E-state index in [0.717, 1.165) is 39.1 Å². The molecule has 5 heteroatoms. The molecule has 0 radical (unpaired) electrons. The van der Waals surface area contributed by atoms with Crippen molar-refractivity contribution in [2.24, 2.45) is 0 Å². The van der Waals surface area contributed by atoms with Crippen molar-refractivity contribution in [2.75, 3.05) is 38.6 Å². The van der Waals surface area contributed by atoms with Gasteiger partial charge in [-0.25, -0.2) is 0 Å². The van der Waals surface area contributed by atoms with E-state index in [1.54, 1.807) is 11.0 Å². The summed E-state index contributed by atoms with van der Waals surface area (Å²) in [6.45, 7) is 16.0. The third kappa shape index (κ3) is 8.51. The van der Waals surface area contributed by atoms with Gasteiger partial charge in [0.05, 0.1) is 23.9 Å². The summed E-state index contributed by atoms with van der Waals surface area (Å²) in [6, 6.07) is 5.43. The molecule has 0 aromatic heterocycles. The van der Waals surface area contributed by atoms with Gasteiger partial charge >= 0.3 is 0 Å². The molecule has 1 aliphatic heterocycles. The SMILES string of the molecule is C=C/C=C(\C=C)CCCC[NH+]1CCOC(COc2cccc(Cl)c2N)C1.CC. The average Bonchev–Trinajstić information content (AvgIpc) is 2.73. The summed E-state index contributed by atoms with van der Waals surface area (Å²) in [5.74, 6) is 0.624. The number of para-hydroxylation sites is 1. The molecule has 156 valence electrons. The third-order valence-electron chi connectivity index (χ3n) is 4.60. The highest BCUT2D eigenvalue weighted by Crippen LogP contribution is 2.28. The third-order valence-corrected chi connectivity index (χ3v) is 4.93. The molecule has 1 aromatic carbocycles.